The Bertz CT molecular complexity index is 748. The van der Waals surface area contributed by atoms with Gasteiger partial charge < -0.3 is 11.1 Å². The lowest BCUT2D eigenvalue weighted by atomic mass is 10.1. The van der Waals surface area contributed by atoms with Crippen LogP contribution in [0, 0.1) is 5.82 Å². The van der Waals surface area contributed by atoms with Crippen molar-refractivity contribution < 1.29 is 12.8 Å². The third-order valence-corrected chi connectivity index (χ3v) is 4.01. The number of sulfonamides is 1. The van der Waals surface area contributed by atoms with Gasteiger partial charge in [0.25, 0.3) is 0 Å². The van der Waals surface area contributed by atoms with E-state index in [9.17, 15) is 12.8 Å². The Labute approximate surface area is 122 Å². The summed E-state index contributed by atoms with van der Waals surface area (Å²) in [6.07, 6.45) is 0.450. The molecule has 0 aliphatic carbocycles. The van der Waals surface area contributed by atoms with E-state index in [1.165, 1.54) is 12.1 Å². The summed E-state index contributed by atoms with van der Waals surface area (Å²) in [4.78, 5) is -0.126. The molecule has 7 heteroatoms. The number of nitrogens with one attached hydrogen (secondary N) is 1. The second-order valence-corrected chi connectivity index (χ2v) is 6.06. The topological polar surface area (TPSA) is 98.2 Å². The van der Waals surface area contributed by atoms with Crippen molar-refractivity contribution in [2.45, 2.75) is 11.3 Å². The molecule has 0 heterocycles. The number of hydrogen-bond donors (Lipinski definition) is 3. The van der Waals surface area contributed by atoms with Gasteiger partial charge in [-0.15, -0.1) is 0 Å². The lowest BCUT2D eigenvalue weighted by Crippen LogP contribution is -2.16. The minimum atomic E-state index is -3.86. The molecule has 0 spiro atoms. The Morgan fingerprint density at radius 2 is 1.81 bits per heavy atom. The first-order valence-corrected chi connectivity index (χ1v) is 7.83. The molecule has 5 N–H and O–H groups in total. The number of nitrogen functional groups attached to an aromatic ring is 1. The Hall–Kier alpha value is -2.12. The molecule has 0 amide bonds. The summed E-state index contributed by atoms with van der Waals surface area (Å²) in [5, 5.41) is 8.07. The van der Waals surface area contributed by atoms with Crippen LogP contribution in [-0.2, 0) is 16.4 Å². The zero-order valence-corrected chi connectivity index (χ0v) is 12.0. The second kappa shape index (κ2) is 6.11. The standard InChI is InChI=1S/C14H16FN3O2S/c15-11-5-2-1-4-10(11)8-9-18-12-6-3-7-13(14(12)16)21(17,19)20/h1-7,18H,8-9,16H2,(H2,17,19,20). The molecule has 112 valence electrons. The van der Waals surface area contributed by atoms with Gasteiger partial charge in [0.2, 0.25) is 10.0 Å². The number of halogens is 1. The van der Waals surface area contributed by atoms with Crippen LogP contribution in [0.1, 0.15) is 5.56 Å². The number of nitrogens with two attached hydrogens (primary N) is 2. The Kier molecular flexibility index (Phi) is 4.44. The second-order valence-electron chi connectivity index (χ2n) is 4.53. The molecule has 0 saturated carbocycles. The van der Waals surface area contributed by atoms with Crippen LogP contribution in [0.5, 0.6) is 0 Å². The third-order valence-electron chi connectivity index (χ3n) is 3.04. The lowest BCUT2D eigenvalue weighted by molar-refractivity contribution is 0.598. The van der Waals surface area contributed by atoms with Crippen molar-refractivity contribution in [2.75, 3.05) is 17.6 Å². The van der Waals surface area contributed by atoms with Crippen LogP contribution in [-0.4, -0.2) is 15.0 Å². The molecular formula is C14H16FN3O2S. The maximum atomic E-state index is 13.5. The Balaban J connectivity index is 2.10. The molecule has 5 nitrogen and oxygen atoms in total. The third kappa shape index (κ3) is 3.71. The largest absolute Gasteiger partial charge is 0.396 e. The predicted molar refractivity (Wildman–Crippen MR) is 80.8 cm³/mol. The number of para-hydroxylation sites is 1. The van der Waals surface area contributed by atoms with Crippen molar-refractivity contribution in [3.05, 3.63) is 53.8 Å². The van der Waals surface area contributed by atoms with Gasteiger partial charge in [0.05, 0.1) is 11.4 Å². The predicted octanol–water partition coefficient (Wildman–Crippen LogP) is 1.71. The highest BCUT2D eigenvalue weighted by Gasteiger charge is 2.14. The van der Waals surface area contributed by atoms with Crippen molar-refractivity contribution in [3.8, 4) is 0 Å². The highest BCUT2D eigenvalue weighted by Crippen LogP contribution is 2.25. The fourth-order valence-corrected chi connectivity index (χ4v) is 2.66. The average Bonchev–Trinajstić information content (AvgIpc) is 2.41. The molecule has 0 atom stereocenters. The average molecular weight is 309 g/mol. The van der Waals surface area contributed by atoms with E-state index in [0.29, 0.717) is 24.2 Å². The molecular weight excluding hydrogens is 293 g/mol. The maximum absolute atomic E-state index is 13.5. The first-order chi connectivity index (χ1) is 9.89. The van der Waals surface area contributed by atoms with Gasteiger partial charge in [0.1, 0.15) is 10.7 Å². The SMILES string of the molecule is Nc1c(NCCc2ccccc2F)cccc1S(N)(=O)=O. The molecule has 0 unspecified atom stereocenters. The van der Waals surface area contributed by atoms with Crippen LogP contribution < -0.4 is 16.2 Å². The number of hydrogen-bond acceptors (Lipinski definition) is 4. The minimum absolute atomic E-state index is 0.0635. The first kappa shape index (κ1) is 15.3. The van der Waals surface area contributed by atoms with Gasteiger partial charge >= 0.3 is 0 Å². The van der Waals surface area contributed by atoms with Crippen molar-refractivity contribution in [2.24, 2.45) is 5.14 Å². The van der Waals surface area contributed by atoms with E-state index < -0.39 is 10.0 Å². The van der Waals surface area contributed by atoms with Gasteiger partial charge in [0.15, 0.2) is 0 Å². The Morgan fingerprint density at radius 3 is 2.48 bits per heavy atom. The first-order valence-electron chi connectivity index (χ1n) is 6.28. The number of benzene rings is 2. The molecule has 2 aromatic carbocycles. The minimum Gasteiger partial charge on any atom is -0.396 e. The van der Waals surface area contributed by atoms with Crippen LogP contribution in [0.15, 0.2) is 47.4 Å². The van der Waals surface area contributed by atoms with E-state index in [4.69, 9.17) is 10.9 Å². The van der Waals surface area contributed by atoms with E-state index in [-0.39, 0.29) is 16.4 Å². The smallest absolute Gasteiger partial charge is 0.240 e. The quantitative estimate of drug-likeness (QED) is 0.732. The fraction of sp³-hybridized carbons (Fsp3) is 0.143. The van der Waals surface area contributed by atoms with Gasteiger partial charge in [-0.1, -0.05) is 24.3 Å². The summed E-state index contributed by atoms with van der Waals surface area (Å²) in [6.45, 7) is 0.416. The van der Waals surface area contributed by atoms with Crippen LogP contribution >= 0.6 is 0 Å². The molecule has 2 aromatic rings. The van der Waals surface area contributed by atoms with Crippen LogP contribution in [0.4, 0.5) is 15.8 Å². The van der Waals surface area contributed by atoms with Gasteiger partial charge in [-0.05, 0) is 30.2 Å². The van der Waals surface area contributed by atoms with Crippen molar-refractivity contribution >= 4 is 21.4 Å². The number of rotatable bonds is 5. The molecule has 0 radical (unpaired) electrons. The summed E-state index contributed by atoms with van der Waals surface area (Å²) in [5.41, 5.74) is 6.88. The molecule has 0 aliphatic rings. The summed E-state index contributed by atoms with van der Waals surface area (Å²) in [7, 11) is -3.86. The fourth-order valence-electron chi connectivity index (χ4n) is 1.98. The van der Waals surface area contributed by atoms with Crippen LogP contribution in [0.3, 0.4) is 0 Å². The van der Waals surface area contributed by atoms with E-state index in [1.54, 1.807) is 30.3 Å². The summed E-state index contributed by atoms with van der Waals surface area (Å²) < 4.78 is 36.2. The summed E-state index contributed by atoms with van der Waals surface area (Å²) in [6, 6.07) is 11.0. The van der Waals surface area contributed by atoms with E-state index in [1.807, 2.05) is 0 Å². The van der Waals surface area contributed by atoms with Crippen LogP contribution in [0.2, 0.25) is 0 Å². The molecule has 21 heavy (non-hydrogen) atoms. The molecule has 0 fully saturated rings. The number of primary sulfonamides is 1. The van der Waals surface area contributed by atoms with Crippen LogP contribution in [0.25, 0.3) is 0 Å². The molecule has 0 aliphatic heterocycles. The van der Waals surface area contributed by atoms with E-state index in [2.05, 4.69) is 5.32 Å². The lowest BCUT2D eigenvalue weighted by Gasteiger charge is -2.12. The molecule has 0 aromatic heterocycles. The molecule has 0 saturated heterocycles. The highest BCUT2D eigenvalue weighted by molar-refractivity contribution is 7.89. The van der Waals surface area contributed by atoms with E-state index >= 15 is 0 Å². The van der Waals surface area contributed by atoms with Crippen molar-refractivity contribution in [1.29, 1.82) is 0 Å². The summed E-state index contributed by atoms with van der Waals surface area (Å²) >= 11 is 0. The normalized spacial score (nSPS) is 11.3. The van der Waals surface area contributed by atoms with Gasteiger partial charge in [0, 0.05) is 6.54 Å². The van der Waals surface area contributed by atoms with Gasteiger partial charge in [-0.2, -0.15) is 0 Å². The van der Waals surface area contributed by atoms with E-state index in [0.717, 1.165) is 0 Å². The van der Waals surface area contributed by atoms with Gasteiger partial charge in [-0.3, -0.25) is 0 Å². The van der Waals surface area contributed by atoms with Crippen molar-refractivity contribution in [1.82, 2.24) is 0 Å². The Morgan fingerprint density at radius 1 is 1.10 bits per heavy atom. The highest BCUT2D eigenvalue weighted by atomic mass is 32.2. The number of anilines is 2. The summed E-state index contributed by atoms with van der Waals surface area (Å²) in [5.74, 6) is -0.273. The molecule has 2 rings (SSSR count). The van der Waals surface area contributed by atoms with Crippen molar-refractivity contribution in [3.63, 3.8) is 0 Å². The monoisotopic (exact) mass is 309 g/mol. The maximum Gasteiger partial charge on any atom is 0.240 e. The zero-order chi connectivity index (χ0) is 15.5. The zero-order valence-electron chi connectivity index (χ0n) is 11.2. The molecule has 0 bridgehead atoms. The van der Waals surface area contributed by atoms with Gasteiger partial charge in [-0.25, -0.2) is 17.9 Å².